The second kappa shape index (κ2) is 5.73. The molecule has 0 aromatic heterocycles. The first-order valence-corrected chi connectivity index (χ1v) is 7.97. The van der Waals surface area contributed by atoms with Crippen LogP contribution in [0.15, 0.2) is 0 Å². The van der Waals surface area contributed by atoms with E-state index in [9.17, 15) is 0 Å². The average Bonchev–Trinajstić information content (AvgIpc) is 2.00. The molecule has 0 saturated carbocycles. The van der Waals surface area contributed by atoms with E-state index in [0.29, 0.717) is 5.92 Å². The quantitative estimate of drug-likeness (QED) is 0.650. The fourth-order valence-corrected chi connectivity index (χ4v) is 4.08. The molecule has 0 bridgehead atoms. The minimum atomic E-state index is -1.39. The summed E-state index contributed by atoms with van der Waals surface area (Å²) in [4.78, 5) is 0. The standard InChI is InChI=1S/C9H23NOSi/c1-5-6-11-12(3,4)8-9(2)7-10/h9H,5-8,10H2,1-4H3. The molecule has 0 rings (SSSR count). The van der Waals surface area contributed by atoms with E-state index in [-0.39, 0.29) is 0 Å². The largest absolute Gasteiger partial charge is 0.417 e. The van der Waals surface area contributed by atoms with Crippen molar-refractivity contribution in [3.63, 3.8) is 0 Å². The van der Waals surface area contributed by atoms with Gasteiger partial charge in [-0.1, -0.05) is 13.8 Å². The van der Waals surface area contributed by atoms with Gasteiger partial charge in [-0.2, -0.15) is 0 Å². The zero-order valence-corrected chi connectivity index (χ0v) is 9.89. The number of hydrogen-bond acceptors (Lipinski definition) is 2. The van der Waals surface area contributed by atoms with Crippen molar-refractivity contribution >= 4 is 8.32 Å². The third kappa shape index (κ3) is 5.74. The van der Waals surface area contributed by atoms with Crippen LogP contribution in [0.25, 0.3) is 0 Å². The van der Waals surface area contributed by atoms with Crippen LogP contribution in [0.1, 0.15) is 20.3 Å². The first kappa shape index (κ1) is 12.1. The van der Waals surface area contributed by atoms with Gasteiger partial charge < -0.3 is 10.2 Å². The molecular formula is C9H23NOSi. The van der Waals surface area contributed by atoms with Gasteiger partial charge in [0.05, 0.1) is 0 Å². The number of rotatable bonds is 6. The van der Waals surface area contributed by atoms with Crippen molar-refractivity contribution < 1.29 is 4.43 Å². The highest BCUT2D eigenvalue weighted by Gasteiger charge is 2.24. The summed E-state index contributed by atoms with van der Waals surface area (Å²) in [5.74, 6) is 0.614. The van der Waals surface area contributed by atoms with Gasteiger partial charge in [0.15, 0.2) is 8.32 Å². The molecule has 2 N–H and O–H groups in total. The van der Waals surface area contributed by atoms with Gasteiger partial charge in [0.2, 0.25) is 0 Å². The van der Waals surface area contributed by atoms with E-state index in [1.807, 2.05) is 0 Å². The van der Waals surface area contributed by atoms with Crippen molar-refractivity contribution in [2.45, 2.75) is 39.4 Å². The van der Waals surface area contributed by atoms with Gasteiger partial charge in [-0.05, 0) is 38.0 Å². The van der Waals surface area contributed by atoms with Crippen molar-refractivity contribution in [1.29, 1.82) is 0 Å². The Kier molecular flexibility index (Phi) is 5.79. The molecule has 0 amide bonds. The highest BCUT2D eigenvalue weighted by molar-refractivity contribution is 6.71. The lowest BCUT2D eigenvalue weighted by atomic mass is 10.2. The molecular weight excluding hydrogens is 166 g/mol. The predicted octanol–water partition coefficient (Wildman–Crippen LogP) is 2.21. The molecule has 0 fully saturated rings. The first-order valence-electron chi connectivity index (χ1n) is 4.86. The zero-order chi connectivity index (χ0) is 9.61. The van der Waals surface area contributed by atoms with Gasteiger partial charge in [-0.15, -0.1) is 0 Å². The summed E-state index contributed by atoms with van der Waals surface area (Å²) in [6.45, 7) is 10.6. The van der Waals surface area contributed by atoms with Gasteiger partial charge in [-0.3, -0.25) is 0 Å². The molecule has 2 nitrogen and oxygen atoms in total. The lowest BCUT2D eigenvalue weighted by Gasteiger charge is -2.25. The Morgan fingerprint density at radius 1 is 1.42 bits per heavy atom. The van der Waals surface area contributed by atoms with Crippen LogP contribution >= 0.6 is 0 Å². The summed E-state index contributed by atoms with van der Waals surface area (Å²) in [6.07, 6.45) is 1.12. The zero-order valence-electron chi connectivity index (χ0n) is 8.89. The molecule has 12 heavy (non-hydrogen) atoms. The highest BCUT2D eigenvalue weighted by Crippen LogP contribution is 2.17. The number of hydrogen-bond donors (Lipinski definition) is 1. The van der Waals surface area contributed by atoms with Crippen LogP contribution in [0.3, 0.4) is 0 Å². The van der Waals surface area contributed by atoms with Crippen LogP contribution < -0.4 is 5.73 Å². The molecule has 0 aromatic carbocycles. The van der Waals surface area contributed by atoms with E-state index >= 15 is 0 Å². The van der Waals surface area contributed by atoms with E-state index < -0.39 is 8.32 Å². The Hall–Kier alpha value is 0.137. The average molecular weight is 189 g/mol. The van der Waals surface area contributed by atoms with Crippen LogP contribution in [-0.2, 0) is 4.43 Å². The maximum absolute atomic E-state index is 5.83. The van der Waals surface area contributed by atoms with Crippen molar-refractivity contribution in [1.82, 2.24) is 0 Å². The van der Waals surface area contributed by atoms with E-state index in [1.54, 1.807) is 0 Å². The molecule has 1 unspecified atom stereocenters. The van der Waals surface area contributed by atoms with E-state index in [4.69, 9.17) is 10.2 Å². The molecule has 1 atom stereocenters. The Morgan fingerprint density at radius 2 is 2.00 bits per heavy atom. The van der Waals surface area contributed by atoms with Crippen molar-refractivity contribution in [2.75, 3.05) is 13.2 Å². The molecule has 74 valence electrons. The minimum Gasteiger partial charge on any atom is -0.417 e. The second-order valence-electron chi connectivity index (χ2n) is 4.15. The maximum Gasteiger partial charge on any atom is 0.187 e. The van der Waals surface area contributed by atoms with Crippen molar-refractivity contribution in [3.05, 3.63) is 0 Å². The molecule has 0 aliphatic rings. The van der Waals surface area contributed by atoms with Gasteiger partial charge in [0, 0.05) is 6.61 Å². The van der Waals surface area contributed by atoms with Gasteiger partial charge in [-0.25, -0.2) is 0 Å². The Balaban J connectivity index is 3.69. The number of nitrogens with two attached hydrogens (primary N) is 1. The molecule has 0 saturated heterocycles. The third-order valence-electron chi connectivity index (χ3n) is 1.94. The van der Waals surface area contributed by atoms with Crippen LogP contribution in [0.4, 0.5) is 0 Å². The molecule has 0 aliphatic heterocycles. The smallest absolute Gasteiger partial charge is 0.187 e. The van der Waals surface area contributed by atoms with Crippen LogP contribution in [0.5, 0.6) is 0 Å². The molecule has 0 aliphatic carbocycles. The SMILES string of the molecule is CCCO[Si](C)(C)CC(C)CN. The molecule has 3 heteroatoms. The molecule has 0 radical (unpaired) electrons. The van der Waals surface area contributed by atoms with Crippen LogP contribution in [0.2, 0.25) is 19.1 Å². The summed E-state index contributed by atoms with van der Waals surface area (Å²) >= 11 is 0. The summed E-state index contributed by atoms with van der Waals surface area (Å²) < 4.78 is 5.83. The Labute approximate surface area is 77.6 Å². The normalized spacial score (nSPS) is 14.8. The van der Waals surface area contributed by atoms with Crippen LogP contribution in [0, 0.1) is 5.92 Å². The highest BCUT2D eigenvalue weighted by atomic mass is 28.4. The topological polar surface area (TPSA) is 35.2 Å². The second-order valence-corrected chi connectivity index (χ2v) is 8.37. The molecule has 0 heterocycles. The van der Waals surface area contributed by atoms with E-state index in [1.165, 1.54) is 6.04 Å². The Morgan fingerprint density at radius 3 is 2.42 bits per heavy atom. The fourth-order valence-electron chi connectivity index (χ4n) is 1.36. The van der Waals surface area contributed by atoms with Gasteiger partial charge >= 0.3 is 0 Å². The van der Waals surface area contributed by atoms with Gasteiger partial charge in [0.25, 0.3) is 0 Å². The summed E-state index contributed by atoms with van der Waals surface area (Å²) in [7, 11) is -1.39. The van der Waals surface area contributed by atoms with Gasteiger partial charge in [0.1, 0.15) is 0 Å². The fraction of sp³-hybridized carbons (Fsp3) is 1.00. The van der Waals surface area contributed by atoms with Crippen LogP contribution in [-0.4, -0.2) is 21.5 Å². The molecule has 0 aromatic rings. The summed E-state index contributed by atoms with van der Waals surface area (Å²) in [6, 6.07) is 1.18. The lowest BCUT2D eigenvalue weighted by molar-refractivity contribution is 0.302. The monoisotopic (exact) mass is 189 g/mol. The van der Waals surface area contributed by atoms with Crippen molar-refractivity contribution in [2.24, 2.45) is 11.7 Å². The van der Waals surface area contributed by atoms with E-state index in [2.05, 4.69) is 26.9 Å². The summed E-state index contributed by atoms with van der Waals surface area (Å²) in [5, 5.41) is 0. The van der Waals surface area contributed by atoms with Crippen molar-refractivity contribution in [3.8, 4) is 0 Å². The lowest BCUT2D eigenvalue weighted by Crippen LogP contribution is -2.34. The summed E-state index contributed by atoms with van der Waals surface area (Å²) in [5.41, 5.74) is 5.57. The minimum absolute atomic E-state index is 0.614. The third-order valence-corrected chi connectivity index (χ3v) is 4.61. The Bertz CT molecular complexity index is 117. The first-order chi connectivity index (χ1) is 5.52. The maximum atomic E-state index is 5.83. The van der Waals surface area contributed by atoms with E-state index in [0.717, 1.165) is 19.6 Å². The molecule has 0 spiro atoms. The predicted molar refractivity (Wildman–Crippen MR) is 56.8 cm³/mol.